The maximum Gasteiger partial charge on any atom is 0.133 e. The Morgan fingerprint density at radius 3 is 2.17 bits per heavy atom. The van der Waals surface area contributed by atoms with Crippen molar-refractivity contribution in [2.75, 3.05) is 0 Å². The monoisotopic (exact) mass is 249 g/mol. The zero-order chi connectivity index (χ0) is 13.1. The van der Waals surface area contributed by atoms with E-state index in [0.29, 0.717) is 24.0 Å². The van der Waals surface area contributed by atoms with Gasteiger partial charge in [0.1, 0.15) is 17.5 Å². The first kappa shape index (κ1) is 12.7. The minimum absolute atomic E-state index is 0.278. The van der Waals surface area contributed by atoms with E-state index in [4.69, 9.17) is 0 Å². The lowest BCUT2D eigenvalue weighted by Crippen LogP contribution is -1.95. The zero-order valence-corrected chi connectivity index (χ0v) is 9.72. The molecule has 0 unspecified atom stereocenters. The van der Waals surface area contributed by atoms with Crippen molar-refractivity contribution in [1.82, 2.24) is 0 Å². The molecule has 18 heavy (non-hydrogen) atoms. The van der Waals surface area contributed by atoms with Crippen LogP contribution in [0.5, 0.6) is 0 Å². The summed E-state index contributed by atoms with van der Waals surface area (Å²) in [7, 11) is 0. The predicted octanol–water partition coefficient (Wildman–Crippen LogP) is 4.54. The van der Waals surface area contributed by atoms with E-state index >= 15 is 0 Å². The first-order valence-electron chi connectivity index (χ1n) is 5.65. The molecule has 0 fully saturated rings. The highest BCUT2D eigenvalue weighted by atomic mass is 19.1. The van der Waals surface area contributed by atoms with Gasteiger partial charge in [-0.15, -0.1) is 0 Å². The standard InChI is InChI=1S/C15H12F3/c1-2-3-11-8-13(15(18)9-14(11)17)10-4-6-12(16)7-5-10/h4-9H,1-3H2. The Kier molecular flexibility index (Phi) is 3.70. The van der Waals surface area contributed by atoms with E-state index in [-0.39, 0.29) is 11.4 Å². The molecule has 0 atom stereocenters. The molecule has 0 bridgehead atoms. The predicted molar refractivity (Wildman–Crippen MR) is 65.4 cm³/mol. The summed E-state index contributed by atoms with van der Waals surface area (Å²) < 4.78 is 40.0. The maximum atomic E-state index is 13.7. The van der Waals surface area contributed by atoms with E-state index in [9.17, 15) is 13.2 Å². The van der Waals surface area contributed by atoms with Crippen LogP contribution in [0, 0.1) is 24.4 Å². The molecule has 1 radical (unpaired) electrons. The molecule has 3 heteroatoms. The minimum atomic E-state index is -0.646. The molecule has 0 aliphatic rings. The molecule has 2 aromatic carbocycles. The van der Waals surface area contributed by atoms with Gasteiger partial charge in [-0.05, 0) is 42.2 Å². The van der Waals surface area contributed by atoms with Crippen LogP contribution in [0.2, 0.25) is 0 Å². The van der Waals surface area contributed by atoms with Gasteiger partial charge in [0.25, 0.3) is 0 Å². The average molecular weight is 249 g/mol. The second-order valence-corrected chi connectivity index (χ2v) is 4.03. The normalized spacial score (nSPS) is 10.7. The zero-order valence-electron chi connectivity index (χ0n) is 9.72. The topological polar surface area (TPSA) is 0 Å². The van der Waals surface area contributed by atoms with Crippen LogP contribution in [0.3, 0.4) is 0 Å². The van der Waals surface area contributed by atoms with Gasteiger partial charge in [0.2, 0.25) is 0 Å². The van der Waals surface area contributed by atoms with Crippen molar-refractivity contribution in [2.24, 2.45) is 0 Å². The van der Waals surface area contributed by atoms with Gasteiger partial charge in [-0.1, -0.05) is 19.1 Å². The Labute approximate surface area is 104 Å². The van der Waals surface area contributed by atoms with E-state index in [1.807, 2.05) is 0 Å². The molecular weight excluding hydrogens is 237 g/mol. The van der Waals surface area contributed by atoms with Crippen LogP contribution in [0.25, 0.3) is 11.1 Å². The molecule has 0 heterocycles. The molecule has 0 aliphatic carbocycles. The van der Waals surface area contributed by atoms with Gasteiger partial charge in [-0.3, -0.25) is 0 Å². The van der Waals surface area contributed by atoms with E-state index in [1.54, 1.807) is 0 Å². The Balaban J connectivity index is 2.49. The fourth-order valence-corrected chi connectivity index (χ4v) is 1.83. The van der Waals surface area contributed by atoms with Crippen LogP contribution in [0.4, 0.5) is 13.2 Å². The average Bonchev–Trinajstić information content (AvgIpc) is 2.34. The summed E-state index contributed by atoms with van der Waals surface area (Å²) in [4.78, 5) is 0. The molecule has 93 valence electrons. The maximum absolute atomic E-state index is 13.7. The molecule has 0 spiro atoms. The van der Waals surface area contributed by atoms with Gasteiger partial charge < -0.3 is 0 Å². The van der Waals surface area contributed by atoms with Crippen molar-refractivity contribution < 1.29 is 13.2 Å². The lowest BCUT2D eigenvalue weighted by molar-refractivity contribution is 0.574. The summed E-state index contributed by atoms with van der Waals surface area (Å²) in [5.74, 6) is -1.60. The highest BCUT2D eigenvalue weighted by Gasteiger charge is 2.11. The number of aryl methyl sites for hydroxylation is 1. The highest BCUT2D eigenvalue weighted by molar-refractivity contribution is 5.65. The summed E-state index contributed by atoms with van der Waals surface area (Å²) in [5, 5.41) is 0. The number of rotatable bonds is 3. The molecule has 2 rings (SSSR count). The van der Waals surface area contributed by atoms with Crippen molar-refractivity contribution >= 4 is 0 Å². The Morgan fingerprint density at radius 1 is 0.889 bits per heavy atom. The van der Waals surface area contributed by atoms with E-state index < -0.39 is 11.6 Å². The summed E-state index contributed by atoms with van der Waals surface area (Å²) >= 11 is 0. The van der Waals surface area contributed by atoms with Crippen LogP contribution >= 0.6 is 0 Å². The van der Waals surface area contributed by atoms with Crippen LogP contribution in [0.1, 0.15) is 12.0 Å². The molecule has 0 N–H and O–H groups in total. The van der Waals surface area contributed by atoms with Crippen LogP contribution in [-0.4, -0.2) is 0 Å². The van der Waals surface area contributed by atoms with Gasteiger partial charge in [-0.25, -0.2) is 13.2 Å². The first-order valence-corrected chi connectivity index (χ1v) is 5.65. The molecule has 2 aromatic rings. The Bertz CT molecular complexity index is 544. The highest BCUT2D eigenvalue weighted by Crippen LogP contribution is 2.26. The lowest BCUT2D eigenvalue weighted by Gasteiger charge is -2.08. The van der Waals surface area contributed by atoms with E-state index in [0.717, 1.165) is 6.07 Å². The van der Waals surface area contributed by atoms with Crippen molar-refractivity contribution in [1.29, 1.82) is 0 Å². The summed E-state index contributed by atoms with van der Waals surface area (Å²) in [6, 6.07) is 7.77. The fraction of sp³-hybridized carbons (Fsp3) is 0.133. The first-order chi connectivity index (χ1) is 8.61. The summed E-state index contributed by atoms with van der Waals surface area (Å²) in [6.07, 6.45) is 0.978. The summed E-state index contributed by atoms with van der Waals surface area (Å²) in [6.45, 7) is 3.65. The number of hydrogen-bond acceptors (Lipinski definition) is 0. The number of benzene rings is 2. The number of hydrogen-bond donors (Lipinski definition) is 0. The Hall–Kier alpha value is -1.77. The molecule has 0 nitrogen and oxygen atoms in total. The van der Waals surface area contributed by atoms with Gasteiger partial charge in [0, 0.05) is 11.6 Å². The van der Waals surface area contributed by atoms with Gasteiger partial charge in [-0.2, -0.15) is 0 Å². The van der Waals surface area contributed by atoms with Gasteiger partial charge >= 0.3 is 0 Å². The van der Waals surface area contributed by atoms with Crippen LogP contribution < -0.4 is 0 Å². The molecular formula is C15H12F3. The SMILES string of the molecule is [CH2]CCc1cc(-c2ccc(F)cc2)c(F)cc1F. The largest absolute Gasteiger partial charge is 0.207 e. The smallest absolute Gasteiger partial charge is 0.133 e. The van der Waals surface area contributed by atoms with Gasteiger partial charge in [0.15, 0.2) is 0 Å². The van der Waals surface area contributed by atoms with Crippen molar-refractivity contribution in [2.45, 2.75) is 12.8 Å². The second-order valence-electron chi connectivity index (χ2n) is 4.03. The molecule has 0 amide bonds. The summed E-state index contributed by atoms with van der Waals surface area (Å²) in [5.41, 5.74) is 1.23. The third-order valence-electron chi connectivity index (χ3n) is 2.74. The Morgan fingerprint density at radius 2 is 1.56 bits per heavy atom. The van der Waals surface area contributed by atoms with Crippen molar-refractivity contribution in [3.63, 3.8) is 0 Å². The second kappa shape index (κ2) is 5.25. The third kappa shape index (κ3) is 2.55. The lowest BCUT2D eigenvalue weighted by atomic mass is 10.00. The van der Waals surface area contributed by atoms with Gasteiger partial charge in [0.05, 0.1) is 0 Å². The van der Waals surface area contributed by atoms with Crippen molar-refractivity contribution in [3.8, 4) is 11.1 Å². The van der Waals surface area contributed by atoms with Crippen LogP contribution in [0.15, 0.2) is 36.4 Å². The fourth-order valence-electron chi connectivity index (χ4n) is 1.83. The quantitative estimate of drug-likeness (QED) is 0.749. The molecule has 0 saturated carbocycles. The van der Waals surface area contributed by atoms with E-state index in [1.165, 1.54) is 30.3 Å². The van der Waals surface area contributed by atoms with Crippen molar-refractivity contribution in [3.05, 3.63) is 66.3 Å². The van der Waals surface area contributed by atoms with E-state index in [2.05, 4.69) is 6.92 Å². The molecule has 0 aromatic heterocycles. The molecule has 0 aliphatic heterocycles. The van der Waals surface area contributed by atoms with Crippen LogP contribution in [-0.2, 0) is 6.42 Å². The minimum Gasteiger partial charge on any atom is -0.207 e. The molecule has 0 saturated heterocycles. The number of halogens is 3. The third-order valence-corrected chi connectivity index (χ3v) is 2.74.